The van der Waals surface area contributed by atoms with Gasteiger partial charge >= 0.3 is 0 Å². The van der Waals surface area contributed by atoms with E-state index in [0.717, 1.165) is 12.1 Å². The summed E-state index contributed by atoms with van der Waals surface area (Å²) < 4.78 is 0. The molecule has 3 rings (SSSR count). The largest absolute Gasteiger partial charge is 0.411 e. The first kappa shape index (κ1) is 13.8. The monoisotopic (exact) mass is 281 g/mol. The van der Waals surface area contributed by atoms with Gasteiger partial charge in [0, 0.05) is 17.5 Å². The van der Waals surface area contributed by atoms with E-state index in [9.17, 15) is 5.21 Å². The van der Waals surface area contributed by atoms with Gasteiger partial charge in [0.15, 0.2) is 0 Å². The Morgan fingerprint density at radius 1 is 0.952 bits per heavy atom. The molecule has 0 aromatic heterocycles. The molecule has 0 saturated carbocycles. The van der Waals surface area contributed by atoms with Gasteiger partial charge in [0.1, 0.15) is 12.1 Å². The number of hydrogen-bond acceptors (Lipinski definition) is 2. The fourth-order valence-electron chi connectivity index (χ4n) is 3.24. The maximum absolute atomic E-state index is 9.36. The van der Waals surface area contributed by atoms with Gasteiger partial charge in [-0.3, -0.25) is 0 Å². The molecule has 3 heteroatoms. The van der Waals surface area contributed by atoms with Crippen LogP contribution in [0.1, 0.15) is 36.6 Å². The highest BCUT2D eigenvalue weighted by Crippen LogP contribution is 2.29. The number of hydrogen-bond donors (Lipinski definition) is 2. The predicted molar refractivity (Wildman–Crippen MR) is 83.3 cm³/mol. The summed E-state index contributed by atoms with van der Waals surface area (Å²) in [7, 11) is 0. The lowest BCUT2D eigenvalue weighted by Gasteiger charge is -2.33. The molecule has 0 spiro atoms. The molecule has 1 heterocycles. The van der Waals surface area contributed by atoms with Crippen LogP contribution >= 0.6 is 0 Å². The van der Waals surface area contributed by atoms with Crippen molar-refractivity contribution in [3.8, 4) is 0 Å². The van der Waals surface area contributed by atoms with Gasteiger partial charge in [-0.1, -0.05) is 72.7 Å². The van der Waals surface area contributed by atoms with E-state index in [1.807, 2.05) is 12.1 Å². The van der Waals surface area contributed by atoms with Crippen LogP contribution in [-0.2, 0) is 0 Å². The lowest BCUT2D eigenvalue weighted by Crippen LogP contribution is -2.90. The van der Waals surface area contributed by atoms with Crippen LogP contribution in [0.15, 0.2) is 65.8 Å². The first-order valence-corrected chi connectivity index (χ1v) is 7.45. The Kier molecular flexibility index (Phi) is 4.02. The van der Waals surface area contributed by atoms with Crippen molar-refractivity contribution in [1.29, 1.82) is 0 Å². The van der Waals surface area contributed by atoms with Gasteiger partial charge in [-0.2, -0.15) is 0 Å². The smallest absolute Gasteiger partial charge is 0.120 e. The van der Waals surface area contributed by atoms with Gasteiger partial charge in [0.05, 0.1) is 11.6 Å². The molecule has 108 valence electrons. The van der Waals surface area contributed by atoms with Crippen molar-refractivity contribution in [2.45, 2.75) is 25.4 Å². The number of nitrogens with zero attached hydrogens (tertiary/aromatic N) is 1. The molecule has 0 radical (unpaired) electrons. The third-order valence-corrected chi connectivity index (χ3v) is 4.47. The van der Waals surface area contributed by atoms with E-state index in [0.29, 0.717) is 6.04 Å². The van der Waals surface area contributed by atoms with E-state index in [1.165, 1.54) is 11.1 Å². The molecule has 1 fully saturated rings. The molecule has 1 saturated heterocycles. The van der Waals surface area contributed by atoms with Gasteiger partial charge in [0.2, 0.25) is 0 Å². The number of oxime groups is 1. The molecule has 2 aromatic rings. The topological polar surface area (TPSA) is 49.2 Å². The highest BCUT2D eigenvalue weighted by Gasteiger charge is 2.37. The number of benzene rings is 2. The van der Waals surface area contributed by atoms with Crippen molar-refractivity contribution in [3.63, 3.8) is 0 Å². The second-order valence-corrected chi connectivity index (χ2v) is 5.73. The Bertz CT molecular complexity index is 610. The molecule has 0 bridgehead atoms. The van der Waals surface area contributed by atoms with E-state index >= 15 is 0 Å². The maximum atomic E-state index is 9.36. The van der Waals surface area contributed by atoms with E-state index in [1.54, 1.807) is 0 Å². The van der Waals surface area contributed by atoms with E-state index in [-0.39, 0.29) is 12.0 Å². The lowest BCUT2D eigenvalue weighted by molar-refractivity contribution is -0.741. The Morgan fingerprint density at radius 3 is 2.10 bits per heavy atom. The number of nitrogens with two attached hydrogens (primary N) is 1. The normalized spacial score (nSPS) is 27.7. The molecular formula is C18H21N2O+. The lowest BCUT2D eigenvalue weighted by atomic mass is 9.81. The van der Waals surface area contributed by atoms with Crippen LogP contribution in [0, 0.1) is 5.92 Å². The number of rotatable bonds is 2. The van der Waals surface area contributed by atoms with E-state index in [4.69, 9.17) is 0 Å². The Morgan fingerprint density at radius 2 is 1.52 bits per heavy atom. The molecule has 1 aliphatic rings. The second kappa shape index (κ2) is 6.10. The average Bonchev–Trinajstić information content (AvgIpc) is 2.56. The Hall–Kier alpha value is -2.13. The molecule has 3 nitrogen and oxygen atoms in total. The van der Waals surface area contributed by atoms with Crippen LogP contribution in [0.25, 0.3) is 0 Å². The van der Waals surface area contributed by atoms with Gasteiger partial charge < -0.3 is 10.5 Å². The van der Waals surface area contributed by atoms with Crippen molar-refractivity contribution in [2.75, 3.05) is 0 Å². The van der Waals surface area contributed by atoms with Crippen LogP contribution < -0.4 is 5.32 Å². The minimum Gasteiger partial charge on any atom is -0.411 e. The van der Waals surface area contributed by atoms with Crippen molar-refractivity contribution in [3.05, 3.63) is 71.8 Å². The summed E-state index contributed by atoms with van der Waals surface area (Å²) in [5, 5.41) is 15.3. The Labute approximate surface area is 125 Å². The van der Waals surface area contributed by atoms with Crippen LogP contribution in [0.2, 0.25) is 0 Å². The van der Waals surface area contributed by atoms with Crippen molar-refractivity contribution in [2.24, 2.45) is 11.1 Å². The minimum absolute atomic E-state index is 0.234. The standard InChI is InChI=1S/C18H20N2O/c1-13-16(20-21)12-17(14-8-4-2-5-9-14)19-18(13)15-10-6-3-7-11-15/h2-11,13,17-19,21H,12H2,1H3/p+1/t13-,17+,18-/m1/s1. The zero-order chi connectivity index (χ0) is 14.7. The molecule has 3 N–H and O–H groups in total. The SMILES string of the molecule is C[C@@H]1C(=NO)C[C@@H](c2ccccc2)[NH2+][C@H]1c1ccccc1. The van der Waals surface area contributed by atoms with Crippen molar-refractivity contribution < 1.29 is 10.5 Å². The van der Waals surface area contributed by atoms with Crippen LogP contribution in [0.5, 0.6) is 0 Å². The quantitative estimate of drug-likeness (QED) is 0.645. The third-order valence-electron chi connectivity index (χ3n) is 4.47. The third kappa shape index (κ3) is 2.83. The minimum atomic E-state index is 0.234. The fraction of sp³-hybridized carbons (Fsp3) is 0.278. The highest BCUT2D eigenvalue weighted by molar-refractivity contribution is 5.87. The molecule has 21 heavy (non-hydrogen) atoms. The van der Waals surface area contributed by atoms with Gasteiger partial charge in [0.25, 0.3) is 0 Å². The second-order valence-electron chi connectivity index (χ2n) is 5.73. The van der Waals surface area contributed by atoms with Crippen LogP contribution in [0.4, 0.5) is 0 Å². The zero-order valence-corrected chi connectivity index (χ0v) is 12.2. The van der Waals surface area contributed by atoms with Crippen molar-refractivity contribution >= 4 is 5.71 Å². The zero-order valence-electron chi connectivity index (χ0n) is 12.2. The number of piperidine rings is 1. The molecule has 0 unspecified atom stereocenters. The maximum Gasteiger partial charge on any atom is 0.120 e. The van der Waals surface area contributed by atoms with E-state index in [2.05, 4.69) is 65.9 Å². The summed E-state index contributed by atoms with van der Waals surface area (Å²) in [6.07, 6.45) is 0.797. The molecule has 0 amide bonds. The van der Waals surface area contributed by atoms with Crippen molar-refractivity contribution in [1.82, 2.24) is 0 Å². The summed E-state index contributed by atoms with van der Waals surface area (Å²) in [4.78, 5) is 0. The van der Waals surface area contributed by atoms with Crippen LogP contribution in [0.3, 0.4) is 0 Å². The van der Waals surface area contributed by atoms with Gasteiger partial charge in [-0.25, -0.2) is 0 Å². The summed E-state index contributed by atoms with van der Waals surface area (Å²) in [5.41, 5.74) is 3.46. The van der Waals surface area contributed by atoms with E-state index < -0.39 is 0 Å². The predicted octanol–water partition coefficient (Wildman–Crippen LogP) is 2.90. The summed E-state index contributed by atoms with van der Waals surface area (Å²) in [6.45, 7) is 2.14. The highest BCUT2D eigenvalue weighted by atomic mass is 16.4. The van der Waals surface area contributed by atoms with Gasteiger partial charge in [-0.15, -0.1) is 0 Å². The average molecular weight is 281 g/mol. The Balaban J connectivity index is 1.93. The van der Waals surface area contributed by atoms with Gasteiger partial charge in [-0.05, 0) is 0 Å². The molecular weight excluding hydrogens is 260 g/mol. The molecule has 3 atom stereocenters. The number of quaternary nitrogens is 1. The first-order valence-electron chi connectivity index (χ1n) is 7.45. The fourth-order valence-corrected chi connectivity index (χ4v) is 3.24. The van der Waals surface area contributed by atoms with Crippen LogP contribution in [-0.4, -0.2) is 10.9 Å². The molecule has 0 aliphatic carbocycles. The molecule has 1 aliphatic heterocycles. The summed E-state index contributed by atoms with van der Waals surface area (Å²) >= 11 is 0. The molecule has 2 aromatic carbocycles. The first-order chi connectivity index (χ1) is 10.3. The summed E-state index contributed by atoms with van der Waals surface area (Å²) in [6, 6.07) is 21.5. The summed E-state index contributed by atoms with van der Waals surface area (Å²) in [5.74, 6) is 0.234.